The van der Waals surface area contributed by atoms with Crippen molar-refractivity contribution in [3.63, 3.8) is 0 Å². The summed E-state index contributed by atoms with van der Waals surface area (Å²) in [6.45, 7) is 12.5. The first-order valence-corrected chi connectivity index (χ1v) is 6.89. The third kappa shape index (κ3) is 3.80. The predicted octanol–water partition coefficient (Wildman–Crippen LogP) is 2.49. The van der Waals surface area contributed by atoms with Crippen molar-refractivity contribution in [1.29, 1.82) is 0 Å². The minimum atomic E-state index is 0.139. The molecule has 0 aliphatic heterocycles. The van der Waals surface area contributed by atoms with Gasteiger partial charge in [0.2, 0.25) is 5.91 Å². The molecule has 0 saturated carbocycles. The van der Waals surface area contributed by atoms with Crippen LogP contribution in [0.1, 0.15) is 34.7 Å². The minimum Gasteiger partial charge on any atom is -0.340 e. The molecule has 0 aliphatic rings. The van der Waals surface area contributed by atoms with E-state index < -0.39 is 0 Å². The van der Waals surface area contributed by atoms with E-state index in [9.17, 15) is 4.79 Å². The van der Waals surface area contributed by atoms with Crippen LogP contribution in [0, 0.1) is 27.7 Å². The van der Waals surface area contributed by atoms with Gasteiger partial charge in [-0.15, -0.1) is 0 Å². The lowest BCUT2D eigenvalue weighted by molar-refractivity contribution is -0.129. The number of rotatable bonds is 5. The van der Waals surface area contributed by atoms with Crippen LogP contribution >= 0.6 is 0 Å². The maximum absolute atomic E-state index is 12.0. The zero-order valence-corrected chi connectivity index (χ0v) is 13.1. The molecule has 1 N–H and O–H groups in total. The van der Waals surface area contributed by atoms with E-state index in [1.807, 2.05) is 14.0 Å². The van der Waals surface area contributed by atoms with Crippen LogP contribution in [-0.2, 0) is 11.3 Å². The fraction of sp³-hybridized carbons (Fsp3) is 0.562. The molecule has 0 saturated heterocycles. The maximum atomic E-state index is 12.0. The number of carbonyl (C=O) groups is 1. The smallest absolute Gasteiger partial charge is 0.236 e. The van der Waals surface area contributed by atoms with Gasteiger partial charge < -0.3 is 10.2 Å². The van der Waals surface area contributed by atoms with Crippen LogP contribution in [0.4, 0.5) is 0 Å². The standard InChI is InChI=1S/C16H26N2O/c1-7-17-9-16(19)18(6)10-15-13(4)11(2)8-12(3)14(15)5/h8,17H,7,9-10H2,1-6H3. The topological polar surface area (TPSA) is 32.3 Å². The van der Waals surface area contributed by atoms with Gasteiger partial charge in [-0.1, -0.05) is 13.0 Å². The third-order valence-electron chi connectivity index (χ3n) is 3.87. The molecule has 1 aromatic carbocycles. The van der Waals surface area contributed by atoms with Crippen LogP contribution in [0.5, 0.6) is 0 Å². The fourth-order valence-corrected chi connectivity index (χ4v) is 2.23. The SMILES string of the molecule is CCNCC(=O)N(C)Cc1c(C)c(C)cc(C)c1C. The van der Waals surface area contributed by atoms with E-state index in [1.54, 1.807) is 4.90 Å². The van der Waals surface area contributed by atoms with Crippen LogP contribution in [-0.4, -0.2) is 30.9 Å². The summed E-state index contributed by atoms with van der Waals surface area (Å²) in [7, 11) is 1.87. The average molecular weight is 262 g/mol. The molecule has 106 valence electrons. The highest BCUT2D eigenvalue weighted by atomic mass is 16.2. The number of likely N-dealkylation sites (N-methyl/N-ethyl adjacent to an activating group) is 2. The van der Waals surface area contributed by atoms with E-state index in [0.717, 1.165) is 6.54 Å². The largest absolute Gasteiger partial charge is 0.340 e. The molecule has 0 aliphatic carbocycles. The van der Waals surface area contributed by atoms with Gasteiger partial charge in [0, 0.05) is 13.6 Å². The van der Waals surface area contributed by atoms with Crippen molar-refractivity contribution in [1.82, 2.24) is 10.2 Å². The molecular weight excluding hydrogens is 236 g/mol. The molecule has 0 radical (unpaired) electrons. The monoisotopic (exact) mass is 262 g/mol. The zero-order valence-electron chi connectivity index (χ0n) is 13.1. The van der Waals surface area contributed by atoms with E-state index in [2.05, 4.69) is 39.1 Å². The summed E-state index contributed by atoms with van der Waals surface area (Å²) < 4.78 is 0. The molecule has 1 aromatic rings. The van der Waals surface area contributed by atoms with Crippen molar-refractivity contribution in [2.75, 3.05) is 20.1 Å². The van der Waals surface area contributed by atoms with Crippen molar-refractivity contribution in [2.45, 2.75) is 41.2 Å². The summed E-state index contributed by atoms with van der Waals surface area (Å²) in [5, 5.41) is 3.08. The molecule has 0 unspecified atom stereocenters. The quantitative estimate of drug-likeness (QED) is 0.884. The molecule has 0 atom stereocenters. The molecule has 0 fully saturated rings. The third-order valence-corrected chi connectivity index (χ3v) is 3.87. The molecular formula is C16H26N2O. The number of aryl methyl sites for hydroxylation is 2. The van der Waals surface area contributed by atoms with Gasteiger partial charge in [0.25, 0.3) is 0 Å². The molecule has 19 heavy (non-hydrogen) atoms. The molecule has 1 rings (SSSR count). The highest BCUT2D eigenvalue weighted by Gasteiger charge is 2.13. The summed E-state index contributed by atoms with van der Waals surface area (Å²) in [4.78, 5) is 13.8. The number of amides is 1. The van der Waals surface area contributed by atoms with Crippen molar-refractivity contribution in [2.24, 2.45) is 0 Å². The van der Waals surface area contributed by atoms with E-state index in [0.29, 0.717) is 13.1 Å². The lowest BCUT2D eigenvalue weighted by atomic mass is 9.94. The van der Waals surface area contributed by atoms with Gasteiger partial charge in [-0.25, -0.2) is 0 Å². The van der Waals surface area contributed by atoms with Crippen molar-refractivity contribution in [3.8, 4) is 0 Å². The van der Waals surface area contributed by atoms with Crippen LogP contribution in [0.25, 0.3) is 0 Å². The molecule has 3 nitrogen and oxygen atoms in total. The van der Waals surface area contributed by atoms with Gasteiger partial charge in [0.05, 0.1) is 6.54 Å². The van der Waals surface area contributed by atoms with Crippen LogP contribution in [0.3, 0.4) is 0 Å². The van der Waals surface area contributed by atoms with Crippen LogP contribution in [0.2, 0.25) is 0 Å². The maximum Gasteiger partial charge on any atom is 0.236 e. The first-order valence-electron chi connectivity index (χ1n) is 6.89. The normalized spacial score (nSPS) is 10.6. The van der Waals surface area contributed by atoms with Gasteiger partial charge >= 0.3 is 0 Å². The Balaban J connectivity index is 2.90. The number of hydrogen-bond donors (Lipinski definition) is 1. The van der Waals surface area contributed by atoms with Gasteiger partial charge in [-0.05, 0) is 62.1 Å². The van der Waals surface area contributed by atoms with Gasteiger partial charge in [0.15, 0.2) is 0 Å². The Kier molecular flexibility index (Phi) is 5.55. The summed E-state index contributed by atoms with van der Waals surface area (Å²) in [6.07, 6.45) is 0. The molecule has 0 heterocycles. The molecule has 1 amide bonds. The van der Waals surface area contributed by atoms with Crippen LogP contribution < -0.4 is 5.32 Å². The fourth-order valence-electron chi connectivity index (χ4n) is 2.23. The number of carbonyl (C=O) groups excluding carboxylic acids is 1. The lowest BCUT2D eigenvalue weighted by Crippen LogP contribution is -2.35. The molecule has 3 heteroatoms. The van der Waals surface area contributed by atoms with Crippen molar-refractivity contribution in [3.05, 3.63) is 33.9 Å². The lowest BCUT2D eigenvalue weighted by Gasteiger charge is -2.22. The van der Waals surface area contributed by atoms with E-state index >= 15 is 0 Å². The Hall–Kier alpha value is -1.35. The Morgan fingerprint density at radius 3 is 2.16 bits per heavy atom. The number of benzene rings is 1. The number of nitrogens with one attached hydrogen (secondary N) is 1. The Morgan fingerprint density at radius 1 is 1.16 bits per heavy atom. The molecule has 0 aromatic heterocycles. The minimum absolute atomic E-state index is 0.139. The Labute approximate surface area is 117 Å². The Bertz CT molecular complexity index is 440. The summed E-state index contributed by atoms with van der Waals surface area (Å²) in [5.74, 6) is 0.139. The van der Waals surface area contributed by atoms with E-state index in [-0.39, 0.29) is 5.91 Å². The highest BCUT2D eigenvalue weighted by molar-refractivity contribution is 5.78. The van der Waals surface area contributed by atoms with Gasteiger partial charge in [-0.3, -0.25) is 4.79 Å². The summed E-state index contributed by atoms with van der Waals surface area (Å²) in [5.41, 5.74) is 6.47. The zero-order chi connectivity index (χ0) is 14.6. The summed E-state index contributed by atoms with van der Waals surface area (Å²) >= 11 is 0. The molecule has 0 spiro atoms. The number of nitrogens with zero attached hydrogens (tertiary/aromatic N) is 1. The number of hydrogen-bond acceptors (Lipinski definition) is 2. The van der Waals surface area contributed by atoms with E-state index in [4.69, 9.17) is 0 Å². The second kappa shape index (κ2) is 6.71. The van der Waals surface area contributed by atoms with E-state index in [1.165, 1.54) is 27.8 Å². The highest BCUT2D eigenvalue weighted by Crippen LogP contribution is 2.22. The predicted molar refractivity (Wildman–Crippen MR) is 80.4 cm³/mol. The first-order chi connectivity index (χ1) is 8.88. The van der Waals surface area contributed by atoms with Gasteiger partial charge in [0.1, 0.15) is 0 Å². The second-order valence-electron chi connectivity index (χ2n) is 5.27. The first kappa shape index (κ1) is 15.7. The summed E-state index contributed by atoms with van der Waals surface area (Å²) in [6, 6.07) is 2.22. The van der Waals surface area contributed by atoms with Crippen molar-refractivity contribution < 1.29 is 4.79 Å². The average Bonchev–Trinajstić information content (AvgIpc) is 2.38. The van der Waals surface area contributed by atoms with Crippen molar-refractivity contribution >= 4 is 5.91 Å². The second-order valence-corrected chi connectivity index (χ2v) is 5.27. The van der Waals surface area contributed by atoms with Gasteiger partial charge in [-0.2, -0.15) is 0 Å². The Morgan fingerprint density at radius 2 is 1.68 bits per heavy atom. The van der Waals surface area contributed by atoms with Crippen LogP contribution in [0.15, 0.2) is 6.07 Å². The molecule has 0 bridgehead atoms.